The molecule has 134 valence electrons. The van der Waals surface area contributed by atoms with Crippen LogP contribution in [0.2, 0.25) is 0 Å². The number of nitrogens with zero attached hydrogens (tertiary/aromatic N) is 3. The van der Waals surface area contributed by atoms with Gasteiger partial charge in [-0.3, -0.25) is 0 Å². The number of aromatic nitrogens is 3. The Balaban J connectivity index is 1.76. The minimum atomic E-state index is 0.917. The maximum atomic E-state index is 4.50. The summed E-state index contributed by atoms with van der Waals surface area (Å²) in [5.41, 5.74) is 4.75. The first-order valence-electron chi connectivity index (χ1n) is 9.40. The molecule has 0 saturated carbocycles. The minimum absolute atomic E-state index is 0.917. The second-order valence-corrected chi connectivity index (χ2v) is 7.16. The van der Waals surface area contributed by atoms with Crippen molar-refractivity contribution in [2.24, 2.45) is 7.05 Å². The van der Waals surface area contributed by atoms with Crippen molar-refractivity contribution in [3.63, 3.8) is 0 Å². The van der Waals surface area contributed by atoms with Gasteiger partial charge in [0.05, 0.1) is 12.6 Å². The van der Waals surface area contributed by atoms with Gasteiger partial charge in [-0.15, -0.1) is 0 Å². The van der Waals surface area contributed by atoms with Crippen molar-refractivity contribution in [2.75, 3.05) is 0 Å². The van der Waals surface area contributed by atoms with E-state index in [-0.39, 0.29) is 0 Å². The standard InChI is InChI=1S/C25H20N3/c1-17-10-11-19(14-24(17)25-27-15-26-16-28(25)2)21-8-5-9-22-20-7-4-3-6-18(20)12-13-23(21)22/h3-16H,1-2H3/q+1. The zero-order valence-corrected chi connectivity index (χ0v) is 15.9. The molecule has 0 radical (unpaired) electrons. The van der Waals surface area contributed by atoms with Crippen molar-refractivity contribution in [1.29, 1.82) is 0 Å². The Morgan fingerprint density at radius 1 is 0.750 bits per heavy atom. The van der Waals surface area contributed by atoms with Crippen LogP contribution in [-0.4, -0.2) is 9.97 Å². The topological polar surface area (TPSA) is 29.7 Å². The van der Waals surface area contributed by atoms with Crippen LogP contribution in [0, 0.1) is 6.92 Å². The van der Waals surface area contributed by atoms with Crippen molar-refractivity contribution < 1.29 is 4.57 Å². The molecule has 0 fully saturated rings. The molecule has 0 atom stereocenters. The van der Waals surface area contributed by atoms with Crippen LogP contribution in [0.3, 0.4) is 0 Å². The smallest absolute Gasteiger partial charge is 0.236 e. The van der Waals surface area contributed by atoms with E-state index >= 15 is 0 Å². The fourth-order valence-electron chi connectivity index (χ4n) is 3.95. The van der Waals surface area contributed by atoms with Crippen LogP contribution in [0.5, 0.6) is 0 Å². The average Bonchev–Trinajstić information content (AvgIpc) is 2.74. The lowest BCUT2D eigenvalue weighted by Gasteiger charge is -2.12. The molecule has 0 saturated heterocycles. The lowest BCUT2D eigenvalue weighted by Crippen LogP contribution is -2.32. The van der Waals surface area contributed by atoms with Crippen LogP contribution in [0.4, 0.5) is 0 Å². The van der Waals surface area contributed by atoms with E-state index in [4.69, 9.17) is 0 Å². The molecule has 3 heteroatoms. The first-order chi connectivity index (χ1) is 13.7. The van der Waals surface area contributed by atoms with E-state index in [2.05, 4.69) is 89.7 Å². The maximum absolute atomic E-state index is 4.50. The SMILES string of the molecule is Cc1ccc(-c2cccc3c2ccc2ccccc23)cc1-c1ncnc[n+]1C. The monoisotopic (exact) mass is 362 g/mol. The van der Waals surface area contributed by atoms with Gasteiger partial charge in [0, 0.05) is 0 Å². The summed E-state index contributed by atoms with van der Waals surface area (Å²) in [5, 5.41) is 5.11. The van der Waals surface area contributed by atoms with Crippen LogP contribution < -0.4 is 4.57 Å². The molecule has 0 N–H and O–H groups in total. The van der Waals surface area contributed by atoms with Gasteiger partial charge in [-0.25, -0.2) is 4.57 Å². The van der Waals surface area contributed by atoms with Gasteiger partial charge in [0.15, 0.2) is 0 Å². The molecular weight excluding hydrogens is 342 g/mol. The molecule has 0 aliphatic heterocycles. The number of aryl methyl sites for hydroxylation is 2. The predicted molar refractivity (Wildman–Crippen MR) is 114 cm³/mol. The van der Waals surface area contributed by atoms with E-state index in [0.717, 1.165) is 11.4 Å². The highest BCUT2D eigenvalue weighted by Gasteiger charge is 2.15. The van der Waals surface area contributed by atoms with Crippen LogP contribution in [0.15, 0.2) is 85.5 Å². The van der Waals surface area contributed by atoms with Crippen molar-refractivity contribution in [1.82, 2.24) is 9.97 Å². The third kappa shape index (κ3) is 2.64. The molecule has 1 heterocycles. The molecule has 1 aromatic heterocycles. The molecule has 0 unspecified atom stereocenters. The number of hydrogen-bond acceptors (Lipinski definition) is 2. The van der Waals surface area contributed by atoms with E-state index in [1.165, 1.54) is 38.2 Å². The molecular formula is C25H20N3+. The van der Waals surface area contributed by atoms with Gasteiger partial charge in [-0.2, -0.15) is 0 Å². The van der Waals surface area contributed by atoms with Crippen LogP contribution in [0.25, 0.3) is 44.1 Å². The molecule has 0 bridgehead atoms. The first kappa shape index (κ1) is 16.6. The molecule has 4 aromatic carbocycles. The number of hydrogen-bond donors (Lipinski definition) is 0. The third-order valence-corrected chi connectivity index (χ3v) is 5.40. The molecule has 28 heavy (non-hydrogen) atoms. The van der Waals surface area contributed by atoms with Crippen molar-refractivity contribution >= 4 is 21.5 Å². The fourth-order valence-corrected chi connectivity index (χ4v) is 3.95. The highest BCUT2D eigenvalue weighted by Crippen LogP contribution is 2.35. The Kier molecular flexibility index (Phi) is 3.87. The fraction of sp³-hybridized carbons (Fsp3) is 0.0800. The van der Waals surface area contributed by atoms with Gasteiger partial charge in [0.2, 0.25) is 6.33 Å². The Bertz CT molecular complexity index is 1340. The van der Waals surface area contributed by atoms with Crippen LogP contribution in [0.1, 0.15) is 5.56 Å². The Morgan fingerprint density at radius 3 is 2.50 bits per heavy atom. The predicted octanol–water partition coefficient (Wildman–Crippen LogP) is 5.25. The van der Waals surface area contributed by atoms with Gasteiger partial charge in [-0.05, 0) is 51.2 Å². The maximum Gasteiger partial charge on any atom is 0.273 e. The summed E-state index contributed by atoms with van der Waals surface area (Å²) in [4.78, 5) is 8.60. The average molecular weight is 362 g/mol. The van der Waals surface area contributed by atoms with Gasteiger partial charge >= 0.3 is 0 Å². The summed E-state index contributed by atoms with van der Waals surface area (Å²) in [6.45, 7) is 2.12. The zero-order chi connectivity index (χ0) is 19.1. The minimum Gasteiger partial charge on any atom is -0.236 e. The summed E-state index contributed by atoms with van der Waals surface area (Å²) in [6, 6.07) is 26.2. The summed E-state index contributed by atoms with van der Waals surface area (Å²) in [7, 11) is 1.98. The normalized spacial score (nSPS) is 11.2. The van der Waals surface area contributed by atoms with Gasteiger partial charge in [0.1, 0.15) is 0 Å². The summed E-state index contributed by atoms with van der Waals surface area (Å²) >= 11 is 0. The second-order valence-electron chi connectivity index (χ2n) is 7.16. The van der Waals surface area contributed by atoms with E-state index in [1.54, 1.807) is 12.7 Å². The molecule has 0 aliphatic carbocycles. The Morgan fingerprint density at radius 2 is 1.61 bits per heavy atom. The van der Waals surface area contributed by atoms with Crippen molar-refractivity contribution in [3.8, 4) is 22.5 Å². The second kappa shape index (κ2) is 6.54. The molecule has 0 spiro atoms. The van der Waals surface area contributed by atoms with Crippen LogP contribution >= 0.6 is 0 Å². The lowest BCUT2D eigenvalue weighted by atomic mass is 9.93. The Labute approximate surface area is 164 Å². The Hall–Kier alpha value is -3.59. The van der Waals surface area contributed by atoms with E-state index < -0.39 is 0 Å². The summed E-state index contributed by atoms with van der Waals surface area (Å²) in [6.07, 6.45) is 3.39. The van der Waals surface area contributed by atoms with Gasteiger partial charge < -0.3 is 0 Å². The largest absolute Gasteiger partial charge is 0.273 e. The highest BCUT2D eigenvalue weighted by molar-refractivity contribution is 6.12. The van der Waals surface area contributed by atoms with Crippen molar-refractivity contribution in [3.05, 3.63) is 91.0 Å². The summed E-state index contributed by atoms with van der Waals surface area (Å²) in [5.74, 6) is 0.917. The number of benzene rings is 4. The highest BCUT2D eigenvalue weighted by atomic mass is 15.1. The third-order valence-electron chi connectivity index (χ3n) is 5.40. The quantitative estimate of drug-likeness (QED) is 0.317. The van der Waals surface area contributed by atoms with Crippen molar-refractivity contribution in [2.45, 2.75) is 6.92 Å². The van der Waals surface area contributed by atoms with Gasteiger partial charge in [0.25, 0.3) is 12.2 Å². The molecule has 5 rings (SSSR count). The zero-order valence-electron chi connectivity index (χ0n) is 15.9. The van der Waals surface area contributed by atoms with Gasteiger partial charge in [-0.1, -0.05) is 76.7 Å². The van der Waals surface area contributed by atoms with Crippen LogP contribution in [-0.2, 0) is 7.05 Å². The molecule has 3 nitrogen and oxygen atoms in total. The number of fused-ring (bicyclic) bond motifs is 3. The molecule has 5 aromatic rings. The van der Waals surface area contributed by atoms with E-state index in [0.29, 0.717) is 0 Å². The molecule has 0 amide bonds. The molecule has 0 aliphatic rings. The number of rotatable bonds is 2. The first-order valence-corrected chi connectivity index (χ1v) is 9.40. The van der Waals surface area contributed by atoms with E-state index in [1.807, 2.05) is 11.6 Å². The lowest BCUT2D eigenvalue weighted by molar-refractivity contribution is -0.666. The summed E-state index contributed by atoms with van der Waals surface area (Å²) < 4.78 is 1.96. The van der Waals surface area contributed by atoms with E-state index in [9.17, 15) is 0 Å².